The number of hydrogen-bond acceptors (Lipinski definition) is 5. The van der Waals surface area contributed by atoms with E-state index in [2.05, 4.69) is 4.98 Å². The number of hydrogen-bond donors (Lipinski definition) is 0. The largest absolute Gasteiger partial charge is 0.456 e. The van der Waals surface area contributed by atoms with Crippen molar-refractivity contribution in [2.45, 2.75) is 12.8 Å². The Bertz CT molecular complexity index is 962. The van der Waals surface area contributed by atoms with Gasteiger partial charge in [0.05, 0.1) is 16.8 Å². The van der Waals surface area contributed by atoms with Gasteiger partial charge in [0.2, 0.25) is 0 Å². The van der Waals surface area contributed by atoms with Crippen LogP contribution in [0.25, 0.3) is 4.96 Å². The number of esters is 1. The van der Waals surface area contributed by atoms with Crippen LogP contribution in [0.15, 0.2) is 46.7 Å². The summed E-state index contributed by atoms with van der Waals surface area (Å²) < 4.78 is 44.2. The summed E-state index contributed by atoms with van der Waals surface area (Å²) in [4.78, 5) is 28.3. The first-order valence-corrected chi connectivity index (χ1v) is 7.53. The van der Waals surface area contributed by atoms with Gasteiger partial charge < -0.3 is 4.74 Å². The highest BCUT2D eigenvalue weighted by Gasteiger charge is 2.31. The van der Waals surface area contributed by atoms with Crippen molar-refractivity contribution in [2.24, 2.45) is 0 Å². The minimum absolute atomic E-state index is 0.223. The molecule has 0 aliphatic carbocycles. The molecular weight excluding hydrogens is 345 g/mol. The number of fused-ring (bicyclic) bond motifs is 1. The molecule has 0 aliphatic heterocycles. The highest BCUT2D eigenvalue weighted by atomic mass is 32.1. The summed E-state index contributed by atoms with van der Waals surface area (Å²) in [6.07, 6.45) is -2.98. The first-order chi connectivity index (χ1) is 11.3. The average molecular weight is 354 g/mol. The van der Waals surface area contributed by atoms with Crippen molar-refractivity contribution in [2.75, 3.05) is 0 Å². The third kappa shape index (κ3) is 3.30. The zero-order chi connectivity index (χ0) is 17.3. The molecule has 0 atom stereocenters. The molecule has 3 rings (SSSR count). The van der Waals surface area contributed by atoms with E-state index in [1.54, 1.807) is 11.6 Å². The summed E-state index contributed by atoms with van der Waals surface area (Å²) in [5.41, 5.74) is -1.26. The molecule has 124 valence electrons. The van der Waals surface area contributed by atoms with Gasteiger partial charge in [-0.2, -0.15) is 13.2 Å². The number of benzene rings is 1. The first-order valence-electron chi connectivity index (χ1n) is 6.65. The van der Waals surface area contributed by atoms with E-state index in [4.69, 9.17) is 4.74 Å². The van der Waals surface area contributed by atoms with E-state index in [0.29, 0.717) is 11.0 Å². The zero-order valence-corrected chi connectivity index (χ0v) is 12.7. The van der Waals surface area contributed by atoms with Crippen LogP contribution in [0.2, 0.25) is 0 Å². The van der Waals surface area contributed by atoms with Gasteiger partial charge >= 0.3 is 12.1 Å². The Kier molecular flexibility index (Phi) is 4.10. The second kappa shape index (κ2) is 6.08. The monoisotopic (exact) mass is 354 g/mol. The Morgan fingerprint density at radius 3 is 2.83 bits per heavy atom. The number of alkyl halides is 3. The molecule has 0 saturated carbocycles. The molecule has 0 fully saturated rings. The normalized spacial score (nSPS) is 11.6. The molecule has 0 radical (unpaired) electrons. The van der Waals surface area contributed by atoms with Crippen molar-refractivity contribution in [1.82, 2.24) is 9.38 Å². The van der Waals surface area contributed by atoms with Gasteiger partial charge in [0.25, 0.3) is 5.56 Å². The number of halogens is 3. The summed E-state index contributed by atoms with van der Waals surface area (Å²) >= 11 is 1.24. The molecule has 0 saturated heterocycles. The number of ether oxygens (including phenoxy) is 1. The third-order valence-electron chi connectivity index (χ3n) is 3.13. The molecule has 9 heteroatoms. The predicted molar refractivity (Wildman–Crippen MR) is 79.9 cm³/mol. The zero-order valence-electron chi connectivity index (χ0n) is 11.9. The molecule has 1 aromatic carbocycles. The molecule has 5 nitrogen and oxygen atoms in total. The lowest BCUT2D eigenvalue weighted by Crippen LogP contribution is -2.15. The van der Waals surface area contributed by atoms with Gasteiger partial charge in [0.1, 0.15) is 6.61 Å². The smallest absolute Gasteiger partial charge is 0.416 e. The highest BCUT2D eigenvalue weighted by Crippen LogP contribution is 2.29. The molecule has 0 bridgehead atoms. The fourth-order valence-electron chi connectivity index (χ4n) is 2.01. The molecule has 0 unspecified atom stereocenters. The molecule has 0 aliphatic rings. The molecule has 24 heavy (non-hydrogen) atoms. The summed E-state index contributed by atoms with van der Waals surface area (Å²) in [5.74, 6) is -0.922. The molecule has 2 heterocycles. The van der Waals surface area contributed by atoms with Gasteiger partial charge in [-0.05, 0) is 18.2 Å². The predicted octanol–water partition coefficient (Wildman–Crippen LogP) is 3.13. The Morgan fingerprint density at radius 2 is 2.08 bits per heavy atom. The van der Waals surface area contributed by atoms with E-state index >= 15 is 0 Å². The molecular formula is C15H9F3N2O3S. The third-order valence-corrected chi connectivity index (χ3v) is 3.89. The van der Waals surface area contributed by atoms with Gasteiger partial charge in [-0.1, -0.05) is 6.07 Å². The fraction of sp³-hybridized carbons (Fsp3) is 0.133. The van der Waals surface area contributed by atoms with Crippen LogP contribution in [0.5, 0.6) is 0 Å². The molecule has 2 aromatic heterocycles. The summed E-state index contributed by atoms with van der Waals surface area (Å²) in [6.45, 7) is -0.307. The second-order valence-electron chi connectivity index (χ2n) is 4.80. The number of carbonyl (C=O) groups is 1. The lowest BCUT2D eigenvalue weighted by molar-refractivity contribution is -0.137. The van der Waals surface area contributed by atoms with Crippen LogP contribution in [0.3, 0.4) is 0 Å². The Morgan fingerprint density at radius 1 is 1.29 bits per heavy atom. The second-order valence-corrected chi connectivity index (χ2v) is 5.67. The quantitative estimate of drug-likeness (QED) is 0.678. The summed E-state index contributed by atoms with van der Waals surface area (Å²) in [6, 6.07) is 5.14. The molecule has 0 spiro atoms. The van der Waals surface area contributed by atoms with E-state index < -0.39 is 17.7 Å². The first kappa shape index (κ1) is 16.2. The summed E-state index contributed by atoms with van der Waals surface area (Å²) in [5, 5.41) is 1.68. The van der Waals surface area contributed by atoms with Gasteiger partial charge in [0.15, 0.2) is 4.96 Å². The van der Waals surface area contributed by atoms with Crippen LogP contribution in [0.1, 0.15) is 21.6 Å². The van der Waals surface area contributed by atoms with Gasteiger partial charge in [-0.15, -0.1) is 11.3 Å². The lowest BCUT2D eigenvalue weighted by Gasteiger charge is -2.08. The molecule has 0 N–H and O–H groups in total. The number of rotatable bonds is 3. The van der Waals surface area contributed by atoms with Gasteiger partial charge in [0, 0.05) is 17.6 Å². The minimum Gasteiger partial charge on any atom is -0.456 e. The van der Waals surface area contributed by atoms with Crippen LogP contribution in [-0.2, 0) is 17.5 Å². The van der Waals surface area contributed by atoms with Crippen LogP contribution >= 0.6 is 11.3 Å². The number of carbonyl (C=O) groups excluding carboxylic acids is 1. The average Bonchev–Trinajstić information content (AvgIpc) is 3.01. The maximum Gasteiger partial charge on any atom is 0.416 e. The number of aromatic nitrogens is 2. The Balaban J connectivity index is 1.76. The van der Waals surface area contributed by atoms with Crippen LogP contribution < -0.4 is 5.56 Å². The van der Waals surface area contributed by atoms with Crippen molar-refractivity contribution >= 4 is 22.3 Å². The fourth-order valence-corrected chi connectivity index (χ4v) is 2.75. The van der Waals surface area contributed by atoms with Crippen LogP contribution in [0, 0.1) is 0 Å². The highest BCUT2D eigenvalue weighted by molar-refractivity contribution is 7.15. The minimum atomic E-state index is -4.54. The Hall–Kier alpha value is -2.68. The van der Waals surface area contributed by atoms with E-state index in [0.717, 1.165) is 12.1 Å². The molecule has 0 amide bonds. The standard InChI is InChI=1S/C15H9F3N2O3S/c16-15(17,18)10-3-1-2-9(6-10)13(22)23-8-11-7-12(21)20-4-5-24-14(20)19-11/h1-7H,8H2. The lowest BCUT2D eigenvalue weighted by atomic mass is 10.1. The summed E-state index contributed by atoms with van der Waals surface area (Å²) in [7, 11) is 0. The number of thiazole rings is 1. The van der Waals surface area contributed by atoms with Gasteiger partial charge in [-0.3, -0.25) is 9.20 Å². The molecule has 3 aromatic rings. The van der Waals surface area contributed by atoms with Crippen molar-refractivity contribution in [3.05, 3.63) is 69.1 Å². The van der Waals surface area contributed by atoms with E-state index in [-0.39, 0.29) is 23.4 Å². The maximum atomic E-state index is 12.6. The van der Waals surface area contributed by atoms with Crippen molar-refractivity contribution in [3.8, 4) is 0 Å². The topological polar surface area (TPSA) is 60.7 Å². The van der Waals surface area contributed by atoms with E-state index in [1.807, 2.05) is 0 Å². The van der Waals surface area contributed by atoms with E-state index in [9.17, 15) is 22.8 Å². The van der Waals surface area contributed by atoms with E-state index in [1.165, 1.54) is 27.9 Å². The SMILES string of the molecule is O=C(OCc1cc(=O)n2ccsc2n1)c1cccc(C(F)(F)F)c1. The van der Waals surface area contributed by atoms with Crippen molar-refractivity contribution < 1.29 is 22.7 Å². The van der Waals surface area contributed by atoms with Gasteiger partial charge in [-0.25, -0.2) is 9.78 Å². The number of nitrogens with zero attached hydrogens (tertiary/aromatic N) is 2. The Labute approximate surface area is 137 Å². The van der Waals surface area contributed by atoms with Crippen molar-refractivity contribution in [1.29, 1.82) is 0 Å². The maximum absolute atomic E-state index is 12.6. The van der Waals surface area contributed by atoms with Crippen LogP contribution in [0.4, 0.5) is 13.2 Å². The van der Waals surface area contributed by atoms with Crippen LogP contribution in [-0.4, -0.2) is 15.4 Å². The van der Waals surface area contributed by atoms with Crippen molar-refractivity contribution in [3.63, 3.8) is 0 Å².